The van der Waals surface area contributed by atoms with Crippen LogP contribution in [0.25, 0.3) is 0 Å². The van der Waals surface area contributed by atoms with E-state index in [0.29, 0.717) is 6.54 Å². The van der Waals surface area contributed by atoms with Crippen LogP contribution in [0.5, 0.6) is 0 Å². The van der Waals surface area contributed by atoms with Gasteiger partial charge in [-0.05, 0) is 30.5 Å². The Kier molecular flexibility index (Phi) is 5.07. The smallest absolute Gasteiger partial charge is 0.370 e. The van der Waals surface area contributed by atoms with Crippen LogP contribution in [-0.2, 0) is 12.6 Å². The van der Waals surface area contributed by atoms with E-state index in [9.17, 15) is 13.2 Å². The Morgan fingerprint density at radius 1 is 1.10 bits per heavy atom. The molecular formula is C15H14ClF3N2. The van der Waals surface area contributed by atoms with Crippen molar-refractivity contribution < 1.29 is 13.2 Å². The van der Waals surface area contributed by atoms with Gasteiger partial charge in [-0.25, -0.2) is 4.98 Å². The van der Waals surface area contributed by atoms with Crippen molar-refractivity contribution in [2.45, 2.75) is 19.0 Å². The van der Waals surface area contributed by atoms with Gasteiger partial charge in [0.1, 0.15) is 11.0 Å². The molecule has 2 rings (SSSR count). The normalized spacial score (nSPS) is 11.4. The van der Waals surface area contributed by atoms with Crippen molar-refractivity contribution in [2.24, 2.45) is 0 Å². The molecule has 0 aliphatic heterocycles. The Morgan fingerprint density at radius 2 is 1.81 bits per heavy atom. The number of benzene rings is 1. The van der Waals surface area contributed by atoms with Gasteiger partial charge >= 0.3 is 6.18 Å². The predicted octanol–water partition coefficient (Wildman–Crippen LogP) is 4.80. The second-order valence-corrected chi connectivity index (χ2v) is 4.96. The van der Waals surface area contributed by atoms with E-state index in [-0.39, 0.29) is 11.0 Å². The quantitative estimate of drug-likeness (QED) is 0.633. The van der Waals surface area contributed by atoms with E-state index in [0.717, 1.165) is 25.0 Å². The summed E-state index contributed by atoms with van der Waals surface area (Å²) in [4.78, 5) is 3.85. The Bertz CT molecular complexity index is 585. The third-order valence-electron chi connectivity index (χ3n) is 2.91. The first kappa shape index (κ1) is 15.6. The summed E-state index contributed by atoms with van der Waals surface area (Å²) in [5, 5.41) is 2.70. The first-order valence-electron chi connectivity index (χ1n) is 6.48. The average Bonchev–Trinajstić information content (AvgIpc) is 2.43. The van der Waals surface area contributed by atoms with E-state index >= 15 is 0 Å². The topological polar surface area (TPSA) is 24.9 Å². The summed E-state index contributed by atoms with van der Waals surface area (Å²) in [7, 11) is 0. The van der Waals surface area contributed by atoms with Crippen LogP contribution < -0.4 is 5.32 Å². The molecule has 0 spiro atoms. The van der Waals surface area contributed by atoms with E-state index in [2.05, 4.69) is 10.3 Å². The molecule has 1 aromatic carbocycles. The monoisotopic (exact) mass is 314 g/mol. The summed E-state index contributed by atoms with van der Waals surface area (Å²) < 4.78 is 37.9. The van der Waals surface area contributed by atoms with Crippen molar-refractivity contribution in [1.82, 2.24) is 4.98 Å². The van der Waals surface area contributed by atoms with Crippen LogP contribution in [0, 0.1) is 0 Å². The van der Waals surface area contributed by atoms with Gasteiger partial charge in [-0.3, -0.25) is 0 Å². The van der Waals surface area contributed by atoms with Gasteiger partial charge in [-0.1, -0.05) is 41.9 Å². The summed E-state index contributed by atoms with van der Waals surface area (Å²) in [6.07, 6.45) is -2.78. The lowest BCUT2D eigenvalue weighted by atomic mass is 10.1. The van der Waals surface area contributed by atoms with Crippen molar-refractivity contribution in [2.75, 3.05) is 11.9 Å². The number of aryl methyl sites for hydroxylation is 1. The maximum absolute atomic E-state index is 12.6. The van der Waals surface area contributed by atoms with Gasteiger partial charge in [0, 0.05) is 6.54 Å². The molecule has 1 heterocycles. The van der Waals surface area contributed by atoms with Gasteiger partial charge < -0.3 is 5.32 Å². The minimum Gasteiger partial charge on any atom is -0.370 e. The minimum atomic E-state index is -4.42. The lowest BCUT2D eigenvalue weighted by Gasteiger charge is -2.10. The highest BCUT2D eigenvalue weighted by atomic mass is 35.5. The fourth-order valence-corrected chi connectivity index (χ4v) is 2.11. The van der Waals surface area contributed by atoms with Gasteiger partial charge in [0.05, 0.1) is 5.56 Å². The van der Waals surface area contributed by atoms with Gasteiger partial charge in [0.2, 0.25) is 0 Å². The SMILES string of the molecule is FC(F)(F)c1cc(Cl)nc(NCCCc2ccccc2)c1. The van der Waals surface area contributed by atoms with E-state index in [1.165, 1.54) is 5.56 Å². The summed E-state index contributed by atoms with van der Waals surface area (Å²) in [5.41, 5.74) is 0.391. The van der Waals surface area contributed by atoms with Crippen molar-refractivity contribution in [3.8, 4) is 0 Å². The summed E-state index contributed by atoms with van der Waals surface area (Å²) in [6, 6.07) is 11.7. The van der Waals surface area contributed by atoms with Crippen LogP contribution in [0.15, 0.2) is 42.5 Å². The third-order valence-corrected chi connectivity index (χ3v) is 3.11. The molecule has 21 heavy (non-hydrogen) atoms. The van der Waals surface area contributed by atoms with Crippen molar-refractivity contribution in [1.29, 1.82) is 0 Å². The second-order valence-electron chi connectivity index (χ2n) is 4.58. The predicted molar refractivity (Wildman–Crippen MR) is 77.5 cm³/mol. The number of halogens is 4. The number of pyridine rings is 1. The zero-order chi connectivity index (χ0) is 15.3. The molecule has 0 aliphatic carbocycles. The van der Waals surface area contributed by atoms with Gasteiger partial charge in [-0.15, -0.1) is 0 Å². The van der Waals surface area contributed by atoms with Crippen LogP contribution in [-0.4, -0.2) is 11.5 Å². The Labute approximate surface area is 126 Å². The largest absolute Gasteiger partial charge is 0.416 e. The number of hydrogen-bond acceptors (Lipinski definition) is 2. The van der Waals surface area contributed by atoms with Crippen LogP contribution in [0.2, 0.25) is 5.15 Å². The van der Waals surface area contributed by atoms with Crippen LogP contribution in [0.3, 0.4) is 0 Å². The van der Waals surface area contributed by atoms with Gasteiger partial charge in [0.15, 0.2) is 0 Å². The second kappa shape index (κ2) is 6.80. The Morgan fingerprint density at radius 3 is 2.48 bits per heavy atom. The number of hydrogen-bond donors (Lipinski definition) is 1. The van der Waals surface area contributed by atoms with E-state index in [1.807, 2.05) is 30.3 Å². The van der Waals surface area contributed by atoms with E-state index < -0.39 is 11.7 Å². The van der Waals surface area contributed by atoms with Crippen LogP contribution in [0.4, 0.5) is 19.0 Å². The van der Waals surface area contributed by atoms with E-state index in [1.54, 1.807) is 0 Å². The number of aromatic nitrogens is 1. The number of alkyl halides is 3. The van der Waals surface area contributed by atoms with Crippen molar-refractivity contribution in [3.05, 3.63) is 58.7 Å². The van der Waals surface area contributed by atoms with Crippen molar-refractivity contribution in [3.63, 3.8) is 0 Å². The highest BCUT2D eigenvalue weighted by molar-refractivity contribution is 6.29. The Balaban J connectivity index is 1.90. The van der Waals surface area contributed by atoms with Crippen LogP contribution in [0.1, 0.15) is 17.5 Å². The maximum Gasteiger partial charge on any atom is 0.416 e. The molecule has 0 amide bonds. The summed E-state index contributed by atoms with van der Waals surface area (Å²) in [6.45, 7) is 0.527. The summed E-state index contributed by atoms with van der Waals surface area (Å²) >= 11 is 5.61. The maximum atomic E-state index is 12.6. The molecule has 6 heteroatoms. The number of anilines is 1. The molecule has 112 valence electrons. The number of nitrogens with one attached hydrogen (secondary N) is 1. The van der Waals surface area contributed by atoms with Gasteiger partial charge in [0.25, 0.3) is 0 Å². The first-order valence-corrected chi connectivity index (χ1v) is 6.85. The lowest BCUT2D eigenvalue weighted by molar-refractivity contribution is -0.137. The molecule has 0 bridgehead atoms. The molecule has 0 aliphatic rings. The van der Waals surface area contributed by atoms with Gasteiger partial charge in [-0.2, -0.15) is 13.2 Å². The Hall–Kier alpha value is -1.75. The van der Waals surface area contributed by atoms with E-state index in [4.69, 9.17) is 11.6 Å². The average molecular weight is 315 g/mol. The molecule has 0 unspecified atom stereocenters. The lowest BCUT2D eigenvalue weighted by Crippen LogP contribution is -2.09. The minimum absolute atomic E-state index is 0.142. The molecule has 0 atom stereocenters. The molecule has 0 saturated carbocycles. The standard InChI is InChI=1S/C15H14ClF3N2/c16-13-9-12(15(17,18)19)10-14(21-13)20-8-4-7-11-5-2-1-3-6-11/h1-3,5-6,9-10H,4,7-8H2,(H,20,21). The molecule has 2 aromatic rings. The molecular weight excluding hydrogens is 301 g/mol. The number of rotatable bonds is 5. The zero-order valence-electron chi connectivity index (χ0n) is 11.1. The molecule has 0 radical (unpaired) electrons. The molecule has 2 nitrogen and oxygen atoms in total. The first-order chi connectivity index (χ1) is 9.95. The molecule has 0 saturated heterocycles. The fourth-order valence-electron chi connectivity index (χ4n) is 1.90. The van der Waals surface area contributed by atoms with Crippen LogP contribution >= 0.6 is 11.6 Å². The molecule has 1 aromatic heterocycles. The van der Waals surface area contributed by atoms with Crippen molar-refractivity contribution >= 4 is 17.4 Å². The molecule has 1 N–H and O–H groups in total. The third kappa shape index (κ3) is 4.93. The fraction of sp³-hybridized carbons (Fsp3) is 0.267. The highest BCUT2D eigenvalue weighted by Gasteiger charge is 2.31. The highest BCUT2D eigenvalue weighted by Crippen LogP contribution is 2.31. The molecule has 0 fully saturated rings. The zero-order valence-corrected chi connectivity index (χ0v) is 11.9. The number of nitrogens with zero attached hydrogens (tertiary/aromatic N) is 1. The summed E-state index contributed by atoms with van der Waals surface area (Å²) in [5.74, 6) is 0.142.